The Balaban J connectivity index is 1.78. The molecule has 0 amide bonds. The number of aliphatic hydroxyl groups is 1. The van der Waals surface area contributed by atoms with E-state index in [1.807, 2.05) is 0 Å². The average molecular weight is 275 g/mol. The summed E-state index contributed by atoms with van der Waals surface area (Å²) in [5.74, 6) is 0.677. The first-order valence-corrected chi connectivity index (χ1v) is 7.96. The Morgan fingerprint density at radius 2 is 1.85 bits per heavy atom. The van der Waals surface area contributed by atoms with Crippen LogP contribution in [0.15, 0.2) is 24.3 Å². The van der Waals surface area contributed by atoms with E-state index >= 15 is 0 Å². The Hall–Kier alpha value is -0.860. The predicted molar refractivity (Wildman–Crippen MR) is 84.8 cm³/mol. The molecule has 2 nitrogen and oxygen atoms in total. The molecule has 112 valence electrons. The lowest BCUT2D eigenvalue weighted by atomic mass is 9.70. The van der Waals surface area contributed by atoms with Crippen molar-refractivity contribution in [2.75, 3.05) is 13.1 Å². The van der Waals surface area contributed by atoms with Crippen molar-refractivity contribution in [3.63, 3.8) is 0 Å². The van der Waals surface area contributed by atoms with E-state index in [2.05, 4.69) is 50.4 Å². The van der Waals surface area contributed by atoms with Gasteiger partial charge in [-0.3, -0.25) is 0 Å². The molecular weight excluding hydrogens is 246 g/mol. The van der Waals surface area contributed by atoms with Crippen molar-refractivity contribution in [1.29, 1.82) is 0 Å². The summed E-state index contributed by atoms with van der Waals surface area (Å²) < 4.78 is 0. The largest absolute Gasteiger partial charge is 0.387 e. The fourth-order valence-corrected chi connectivity index (χ4v) is 2.93. The standard InChI is InChI=1S/C18H29NO/c1-14(2)11-15-5-7-16(8-6-15)17(20)12-19-13-18(3)9-4-10-18/h5-8,14,17,19-20H,4,9-13H2,1-3H3. The van der Waals surface area contributed by atoms with Crippen LogP contribution in [0.1, 0.15) is 57.3 Å². The summed E-state index contributed by atoms with van der Waals surface area (Å²) in [5, 5.41) is 13.6. The fraction of sp³-hybridized carbons (Fsp3) is 0.667. The summed E-state index contributed by atoms with van der Waals surface area (Å²) >= 11 is 0. The van der Waals surface area contributed by atoms with Crippen molar-refractivity contribution in [1.82, 2.24) is 5.32 Å². The number of rotatable bonds is 7. The molecule has 1 aliphatic carbocycles. The quantitative estimate of drug-likeness (QED) is 0.795. The Bertz CT molecular complexity index is 406. The molecule has 0 aromatic heterocycles. The van der Waals surface area contributed by atoms with Gasteiger partial charge in [0.25, 0.3) is 0 Å². The van der Waals surface area contributed by atoms with Crippen LogP contribution in [-0.2, 0) is 6.42 Å². The maximum atomic E-state index is 10.2. The van der Waals surface area contributed by atoms with Crippen LogP contribution in [0.2, 0.25) is 0 Å². The summed E-state index contributed by atoms with van der Waals surface area (Å²) in [6.07, 6.45) is 4.71. The summed E-state index contributed by atoms with van der Waals surface area (Å²) in [5.41, 5.74) is 2.84. The SMILES string of the molecule is CC(C)Cc1ccc(C(O)CNCC2(C)CCC2)cc1. The van der Waals surface area contributed by atoms with E-state index in [0.717, 1.165) is 18.5 Å². The molecule has 1 aromatic rings. The molecule has 1 fully saturated rings. The van der Waals surface area contributed by atoms with Crippen molar-refractivity contribution in [3.05, 3.63) is 35.4 Å². The molecule has 0 bridgehead atoms. The van der Waals surface area contributed by atoms with Gasteiger partial charge < -0.3 is 10.4 Å². The summed E-state index contributed by atoms with van der Waals surface area (Å²) in [6.45, 7) is 8.46. The molecule has 1 aromatic carbocycles. The van der Waals surface area contributed by atoms with E-state index in [-0.39, 0.29) is 0 Å². The van der Waals surface area contributed by atoms with Crippen LogP contribution >= 0.6 is 0 Å². The zero-order valence-corrected chi connectivity index (χ0v) is 13.2. The zero-order valence-electron chi connectivity index (χ0n) is 13.2. The number of nitrogens with one attached hydrogen (secondary N) is 1. The molecule has 2 N–H and O–H groups in total. The predicted octanol–water partition coefficient (Wildman–Crippen LogP) is 3.70. The Kier molecular flexibility index (Phi) is 5.22. The van der Waals surface area contributed by atoms with Crippen LogP contribution in [0.25, 0.3) is 0 Å². The van der Waals surface area contributed by atoms with Gasteiger partial charge in [-0.1, -0.05) is 51.5 Å². The van der Waals surface area contributed by atoms with Gasteiger partial charge in [0.2, 0.25) is 0 Å². The third-order valence-corrected chi connectivity index (χ3v) is 4.46. The van der Waals surface area contributed by atoms with E-state index in [1.165, 1.54) is 24.8 Å². The third kappa shape index (κ3) is 4.32. The van der Waals surface area contributed by atoms with Crippen LogP contribution in [0, 0.1) is 11.3 Å². The molecular formula is C18H29NO. The van der Waals surface area contributed by atoms with Gasteiger partial charge in [-0.15, -0.1) is 0 Å². The van der Waals surface area contributed by atoms with Gasteiger partial charge in [-0.25, -0.2) is 0 Å². The van der Waals surface area contributed by atoms with E-state index in [9.17, 15) is 5.11 Å². The van der Waals surface area contributed by atoms with E-state index < -0.39 is 6.10 Å². The molecule has 0 saturated heterocycles. The maximum absolute atomic E-state index is 10.2. The number of hydrogen-bond donors (Lipinski definition) is 2. The zero-order chi connectivity index (χ0) is 14.6. The van der Waals surface area contributed by atoms with Crippen LogP contribution in [0.5, 0.6) is 0 Å². The summed E-state index contributed by atoms with van der Waals surface area (Å²) in [4.78, 5) is 0. The monoisotopic (exact) mass is 275 g/mol. The average Bonchev–Trinajstić information content (AvgIpc) is 2.36. The Morgan fingerprint density at radius 1 is 1.20 bits per heavy atom. The van der Waals surface area contributed by atoms with Crippen molar-refractivity contribution in [2.24, 2.45) is 11.3 Å². The topological polar surface area (TPSA) is 32.3 Å². The van der Waals surface area contributed by atoms with Gasteiger partial charge in [-0.2, -0.15) is 0 Å². The van der Waals surface area contributed by atoms with Crippen molar-refractivity contribution < 1.29 is 5.11 Å². The van der Waals surface area contributed by atoms with E-state index in [1.54, 1.807) is 0 Å². The first-order valence-electron chi connectivity index (χ1n) is 7.96. The first-order chi connectivity index (χ1) is 9.48. The van der Waals surface area contributed by atoms with Crippen LogP contribution in [0.4, 0.5) is 0 Å². The second kappa shape index (κ2) is 6.73. The molecule has 20 heavy (non-hydrogen) atoms. The van der Waals surface area contributed by atoms with Gasteiger partial charge in [0.1, 0.15) is 0 Å². The summed E-state index contributed by atoms with van der Waals surface area (Å²) in [6, 6.07) is 8.42. The van der Waals surface area contributed by atoms with Gasteiger partial charge >= 0.3 is 0 Å². The number of benzene rings is 1. The summed E-state index contributed by atoms with van der Waals surface area (Å²) in [7, 11) is 0. The minimum Gasteiger partial charge on any atom is -0.387 e. The molecule has 0 spiro atoms. The first kappa shape index (κ1) is 15.5. The van der Waals surface area contributed by atoms with Crippen molar-refractivity contribution in [3.8, 4) is 0 Å². The number of aliphatic hydroxyl groups excluding tert-OH is 1. The minimum absolute atomic E-state index is 0.397. The Morgan fingerprint density at radius 3 is 2.35 bits per heavy atom. The van der Waals surface area contributed by atoms with Gasteiger partial charge in [-0.05, 0) is 41.7 Å². The van der Waals surface area contributed by atoms with E-state index in [0.29, 0.717) is 17.9 Å². The molecule has 1 atom stereocenters. The van der Waals surface area contributed by atoms with Crippen LogP contribution < -0.4 is 5.32 Å². The highest BCUT2D eigenvalue weighted by Gasteiger charge is 2.31. The fourth-order valence-electron chi connectivity index (χ4n) is 2.93. The lowest BCUT2D eigenvalue weighted by molar-refractivity contribution is 0.133. The van der Waals surface area contributed by atoms with Crippen molar-refractivity contribution >= 4 is 0 Å². The highest BCUT2D eigenvalue weighted by atomic mass is 16.3. The molecule has 1 unspecified atom stereocenters. The molecule has 0 heterocycles. The highest BCUT2D eigenvalue weighted by Crippen LogP contribution is 2.39. The van der Waals surface area contributed by atoms with Gasteiger partial charge in [0.05, 0.1) is 6.10 Å². The van der Waals surface area contributed by atoms with Gasteiger partial charge in [0.15, 0.2) is 0 Å². The van der Waals surface area contributed by atoms with Gasteiger partial charge in [0, 0.05) is 13.1 Å². The lowest BCUT2D eigenvalue weighted by Gasteiger charge is -2.38. The van der Waals surface area contributed by atoms with E-state index in [4.69, 9.17) is 0 Å². The molecule has 1 aliphatic rings. The second-order valence-electron chi connectivity index (χ2n) is 7.15. The maximum Gasteiger partial charge on any atom is 0.0914 e. The third-order valence-electron chi connectivity index (χ3n) is 4.46. The molecule has 0 radical (unpaired) electrons. The number of hydrogen-bond acceptors (Lipinski definition) is 2. The molecule has 2 heteroatoms. The normalized spacial score (nSPS) is 18.9. The Labute approximate surface area is 123 Å². The molecule has 1 saturated carbocycles. The highest BCUT2D eigenvalue weighted by molar-refractivity contribution is 5.24. The van der Waals surface area contributed by atoms with Crippen molar-refractivity contribution in [2.45, 2.75) is 52.6 Å². The minimum atomic E-state index is -0.397. The molecule has 2 rings (SSSR count). The molecule has 0 aliphatic heterocycles. The van der Waals surface area contributed by atoms with Crippen LogP contribution in [0.3, 0.4) is 0 Å². The van der Waals surface area contributed by atoms with Crippen LogP contribution in [-0.4, -0.2) is 18.2 Å². The smallest absolute Gasteiger partial charge is 0.0914 e. The second-order valence-corrected chi connectivity index (χ2v) is 7.15. The lowest BCUT2D eigenvalue weighted by Crippen LogP contribution is -2.38.